The number of nitrogens with zero attached hydrogens (tertiary/aromatic N) is 3. The van der Waals surface area contributed by atoms with Gasteiger partial charge in [-0.2, -0.15) is 21.4 Å². The predicted molar refractivity (Wildman–Crippen MR) is 289 cm³/mol. The van der Waals surface area contributed by atoms with E-state index in [4.69, 9.17) is 4.74 Å². The maximum atomic E-state index is 12.2. The fourth-order valence-corrected chi connectivity index (χ4v) is 12.2. The number of aliphatic carboxylic acids is 2. The van der Waals surface area contributed by atoms with Gasteiger partial charge in [0.25, 0.3) is 20.2 Å². The molecular formula is C58H67N3O11S2+2. The number of aryl methyl sites for hydroxylation is 1. The standard InChI is InChI=1S/C58H65N3O11S2/c1-38-16-26-46-39(34-38)17-28-48-54(46)57(2,3)50(59(48)32-12-8-10-14-52(62)63)30-19-41-36-61(6,7)37-42(56(41)72-43-21-23-44(24-22-43)73(66,67)68)20-31-51-58(4,5)55-47-27-25-45(74(69,70)71)35-40(47)18-29-49(55)60(51)33-13-9-11-15-53(64)65/h16-31,34-35H,8-15,32-33,36-37H2,1-7H3,(H2-2,62,63,64,65,66,67,68,69,70,71)/p+2. The summed E-state index contributed by atoms with van der Waals surface area (Å²) < 4.78 is 78.2. The van der Waals surface area contributed by atoms with Gasteiger partial charge in [0.1, 0.15) is 31.1 Å². The molecule has 8 rings (SSSR count). The molecule has 74 heavy (non-hydrogen) atoms. The van der Waals surface area contributed by atoms with Gasteiger partial charge in [-0.3, -0.25) is 18.7 Å². The van der Waals surface area contributed by atoms with E-state index < -0.39 is 43.0 Å². The Morgan fingerprint density at radius 1 is 0.689 bits per heavy atom. The molecule has 0 aromatic heterocycles. The largest absolute Gasteiger partial charge is 0.481 e. The van der Waals surface area contributed by atoms with Crippen LogP contribution in [0.1, 0.15) is 95.8 Å². The maximum absolute atomic E-state index is 12.2. The molecule has 390 valence electrons. The van der Waals surface area contributed by atoms with Crippen molar-refractivity contribution in [3.05, 3.63) is 149 Å². The summed E-state index contributed by atoms with van der Waals surface area (Å²) in [6.07, 6.45) is 12.7. The number of carboxylic acid groups (broad SMARTS) is 2. The van der Waals surface area contributed by atoms with E-state index in [0.29, 0.717) is 73.2 Å². The predicted octanol–water partition coefficient (Wildman–Crippen LogP) is 11.0. The summed E-state index contributed by atoms with van der Waals surface area (Å²) in [7, 11) is -4.62. The van der Waals surface area contributed by atoms with Gasteiger partial charge in [-0.15, -0.1) is 0 Å². The van der Waals surface area contributed by atoms with Crippen LogP contribution in [0.25, 0.3) is 21.5 Å². The third-order valence-electron chi connectivity index (χ3n) is 14.7. The van der Waals surface area contributed by atoms with Gasteiger partial charge in [0, 0.05) is 71.5 Å². The van der Waals surface area contributed by atoms with E-state index in [-0.39, 0.29) is 22.6 Å². The van der Waals surface area contributed by atoms with E-state index in [0.717, 1.165) is 63.1 Å². The second-order valence-electron chi connectivity index (χ2n) is 21.6. The Bertz CT molecular complexity index is 3470. The average molecular weight is 1050 g/mol. The molecule has 3 heterocycles. The molecule has 5 aromatic carbocycles. The monoisotopic (exact) mass is 1050 g/mol. The first-order valence-electron chi connectivity index (χ1n) is 25.1. The Balaban J connectivity index is 1.28. The van der Waals surface area contributed by atoms with E-state index >= 15 is 0 Å². The number of carboxylic acids is 2. The average Bonchev–Trinajstić information content (AvgIpc) is 3.67. The summed E-state index contributed by atoms with van der Waals surface area (Å²) in [6.45, 7) is 13.2. The van der Waals surface area contributed by atoms with Crippen molar-refractivity contribution in [1.29, 1.82) is 0 Å². The van der Waals surface area contributed by atoms with Crippen molar-refractivity contribution in [3.63, 3.8) is 0 Å². The second-order valence-corrected chi connectivity index (χ2v) is 24.4. The van der Waals surface area contributed by atoms with Crippen LogP contribution in [0.4, 0.5) is 11.4 Å². The van der Waals surface area contributed by atoms with E-state index in [9.17, 15) is 45.7 Å². The summed E-state index contributed by atoms with van der Waals surface area (Å²) in [5.74, 6) is -0.698. The number of carbonyl (C=O) groups is 2. The lowest BCUT2D eigenvalue weighted by atomic mass is 9.78. The molecule has 0 amide bonds. The zero-order valence-electron chi connectivity index (χ0n) is 43.2. The number of quaternary nitrogens is 1. The van der Waals surface area contributed by atoms with Crippen LogP contribution in [0.15, 0.2) is 142 Å². The zero-order chi connectivity index (χ0) is 53.5. The third-order valence-corrected chi connectivity index (χ3v) is 16.4. The van der Waals surface area contributed by atoms with Crippen molar-refractivity contribution >= 4 is 70.8 Å². The van der Waals surface area contributed by atoms with Crippen molar-refractivity contribution in [2.45, 2.75) is 107 Å². The highest BCUT2D eigenvalue weighted by molar-refractivity contribution is 7.86. The Hall–Kier alpha value is -6.43. The molecule has 0 unspecified atom stereocenters. The van der Waals surface area contributed by atoms with Crippen LogP contribution in [0.5, 0.6) is 5.75 Å². The van der Waals surface area contributed by atoms with Crippen LogP contribution in [0.3, 0.4) is 0 Å². The minimum Gasteiger partial charge on any atom is -0.481 e. The number of allylic oxidation sites excluding steroid dienone is 4. The molecular weight excluding hydrogens is 979 g/mol. The molecule has 14 nitrogen and oxygen atoms in total. The Kier molecular flexibility index (Phi) is 15.1. The molecule has 16 heteroatoms. The Morgan fingerprint density at radius 2 is 1.30 bits per heavy atom. The molecule has 3 aliphatic rings. The van der Waals surface area contributed by atoms with Crippen molar-refractivity contribution in [1.82, 2.24) is 0 Å². The Morgan fingerprint density at radius 3 is 1.96 bits per heavy atom. The van der Waals surface area contributed by atoms with Crippen molar-refractivity contribution in [3.8, 4) is 5.75 Å². The van der Waals surface area contributed by atoms with Gasteiger partial charge in [-0.25, -0.2) is 0 Å². The molecule has 0 spiro atoms. The van der Waals surface area contributed by atoms with Gasteiger partial charge in [-0.05, 0) is 140 Å². The highest BCUT2D eigenvalue weighted by Crippen LogP contribution is 2.51. The summed E-state index contributed by atoms with van der Waals surface area (Å²) in [5, 5.41) is 22.5. The topological polar surface area (TPSA) is 199 Å². The van der Waals surface area contributed by atoms with Crippen LogP contribution in [0.2, 0.25) is 0 Å². The smallest absolute Gasteiger partial charge is 0.303 e. The zero-order valence-corrected chi connectivity index (χ0v) is 44.8. The normalized spacial score (nSPS) is 18.3. The number of unbranched alkanes of at least 4 members (excludes halogenated alkanes) is 4. The molecule has 0 aliphatic carbocycles. The van der Waals surface area contributed by atoms with Crippen LogP contribution in [0, 0.1) is 6.92 Å². The Labute approximate surface area is 434 Å². The first-order valence-corrected chi connectivity index (χ1v) is 28.0. The fourth-order valence-electron chi connectivity index (χ4n) is 11.2. The van der Waals surface area contributed by atoms with Crippen molar-refractivity contribution < 1.29 is 59.5 Å². The molecule has 0 atom stereocenters. The van der Waals surface area contributed by atoms with Crippen molar-refractivity contribution in [2.75, 3.05) is 45.2 Å². The van der Waals surface area contributed by atoms with Gasteiger partial charge < -0.3 is 24.3 Å². The quantitative estimate of drug-likeness (QED) is 0.0264. The number of benzene rings is 5. The number of likely N-dealkylation sites (N-methyl/N-ethyl adjacent to an activating group) is 1. The summed E-state index contributed by atoms with van der Waals surface area (Å²) in [4.78, 5) is 24.6. The van der Waals surface area contributed by atoms with Crippen molar-refractivity contribution in [2.24, 2.45) is 0 Å². The summed E-state index contributed by atoms with van der Waals surface area (Å²) >= 11 is 0. The first-order chi connectivity index (χ1) is 34.8. The van der Waals surface area contributed by atoms with Gasteiger partial charge in [0.05, 0.1) is 29.3 Å². The lowest BCUT2D eigenvalue weighted by Gasteiger charge is -2.36. The number of rotatable bonds is 19. The lowest BCUT2D eigenvalue weighted by Crippen LogP contribution is -2.46. The molecule has 4 N–H and O–H groups in total. The minimum absolute atomic E-state index is 0.0724. The molecule has 0 saturated carbocycles. The lowest BCUT2D eigenvalue weighted by molar-refractivity contribution is -0.882. The summed E-state index contributed by atoms with van der Waals surface area (Å²) in [6, 6.07) is 25.0. The number of fused-ring (bicyclic) bond motifs is 6. The van der Waals surface area contributed by atoms with E-state index in [1.807, 2.05) is 12.1 Å². The number of hydrogen-bond acceptors (Lipinski definition) is 8. The minimum atomic E-state index is -4.47. The van der Waals surface area contributed by atoms with Crippen LogP contribution in [-0.2, 0) is 40.7 Å². The first kappa shape index (κ1) is 53.8. The van der Waals surface area contributed by atoms with E-state index in [2.05, 4.69) is 113 Å². The highest BCUT2D eigenvalue weighted by atomic mass is 32.2. The number of hydrogen-bond donors (Lipinski definition) is 4. The molecule has 0 saturated heterocycles. The molecule has 5 aromatic rings. The van der Waals surface area contributed by atoms with Crippen LogP contribution >= 0.6 is 0 Å². The summed E-state index contributed by atoms with van der Waals surface area (Å²) in [5.41, 5.74) is 8.11. The van der Waals surface area contributed by atoms with Crippen LogP contribution in [-0.4, -0.2) is 103 Å². The molecule has 0 radical (unpaired) electrons. The van der Waals surface area contributed by atoms with E-state index in [1.165, 1.54) is 52.9 Å². The highest BCUT2D eigenvalue weighted by Gasteiger charge is 2.46. The van der Waals surface area contributed by atoms with Crippen LogP contribution < -0.4 is 9.64 Å². The fraction of sp³-hybridized carbons (Fsp3) is 0.362. The maximum Gasteiger partial charge on any atom is 0.303 e. The number of ether oxygens (including phenoxy) is 1. The van der Waals surface area contributed by atoms with Gasteiger partial charge in [0.2, 0.25) is 5.69 Å². The molecule has 0 fully saturated rings. The van der Waals surface area contributed by atoms with Gasteiger partial charge in [-0.1, -0.05) is 56.2 Å². The second kappa shape index (κ2) is 20.7. The molecule has 3 aliphatic heterocycles. The molecule has 0 bridgehead atoms. The SMILES string of the molecule is Cc1ccc2c3c(ccc2c1)[N+](CCCCCC(=O)O)=C(/C=C/C1=C(Oc2ccc(S(=O)(=O)O)cc2)C(=C/C=C2/N(CCCCCC(=O)O)c4ccc5cc(S(=O)(=O)O)ccc5c4C2(C)C)/C[N+](C)(C)C1)C3(C)C. The van der Waals surface area contributed by atoms with Gasteiger partial charge in [0.15, 0.2) is 5.71 Å². The van der Waals surface area contributed by atoms with Gasteiger partial charge >= 0.3 is 11.9 Å². The third kappa shape index (κ3) is 11.3. The van der Waals surface area contributed by atoms with E-state index in [1.54, 1.807) is 6.07 Å². The number of anilines is 1.